The Labute approximate surface area is 205 Å². The molecule has 3 aromatic carbocycles. The number of esters is 1. The number of nitrogens with zero attached hydrogens (tertiary/aromatic N) is 1. The molecule has 0 aliphatic rings. The molecule has 0 bridgehead atoms. The van der Waals surface area contributed by atoms with Gasteiger partial charge in [0, 0.05) is 20.5 Å². The summed E-state index contributed by atoms with van der Waals surface area (Å²) in [5.74, 6) is -0.115. The second-order valence-electron chi connectivity index (χ2n) is 7.95. The maximum Gasteiger partial charge on any atom is 0.340 e. The van der Waals surface area contributed by atoms with E-state index in [0.29, 0.717) is 17.7 Å². The van der Waals surface area contributed by atoms with Crippen LogP contribution in [0.5, 0.6) is 5.75 Å². The van der Waals surface area contributed by atoms with Gasteiger partial charge in [0.05, 0.1) is 23.3 Å². The molecule has 0 heterocycles. The number of carbonyl (C=O) groups is 2. The van der Waals surface area contributed by atoms with E-state index in [4.69, 9.17) is 9.47 Å². The first-order chi connectivity index (χ1) is 16.7. The van der Waals surface area contributed by atoms with E-state index in [1.807, 2.05) is 24.3 Å². The molecular weight excluding hydrogens is 468 g/mol. The van der Waals surface area contributed by atoms with Gasteiger partial charge in [-0.3, -0.25) is 4.79 Å². The van der Waals surface area contributed by atoms with Crippen molar-refractivity contribution in [3.8, 4) is 5.75 Å². The van der Waals surface area contributed by atoms with Crippen molar-refractivity contribution in [1.29, 1.82) is 0 Å². The van der Waals surface area contributed by atoms with E-state index in [0.717, 1.165) is 15.6 Å². The van der Waals surface area contributed by atoms with E-state index >= 15 is 0 Å². The number of sulfonamides is 1. The molecular formula is C26H28N2O6S. The fraction of sp³-hybridized carbons (Fsp3) is 0.231. The van der Waals surface area contributed by atoms with E-state index in [1.54, 1.807) is 43.5 Å². The number of hydrogen-bond acceptors (Lipinski definition) is 6. The van der Waals surface area contributed by atoms with Gasteiger partial charge in [0.25, 0.3) is 0 Å². The van der Waals surface area contributed by atoms with Crippen molar-refractivity contribution in [1.82, 2.24) is 4.31 Å². The first kappa shape index (κ1) is 25.9. The first-order valence-corrected chi connectivity index (χ1v) is 12.3. The minimum absolute atomic E-state index is 0.112. The number of carbonyl (C=O) groups excluding carboxylic acids is 2. The van der Waals surface area contributed by atoms with Crippen molar-refractivity contribution in [3.63, 3.8) is 0 Å². The van der Waals surface area contributed by atoms with Crippen LogP contribution in [0.1, 0.15) is 27.9 Å². The van der Waals surface area contributed by atoms with Crippen LogP contribution in [0.25, 0.3) is 0 Å². The summed E-state index contributed by atoms with van der Waals surface area (Å²) in [6, 6.07) is 20.3. The zero-order valence-corrected chi connectivity index (χ0v) is 20.7. The molecule has 0 saturated carbocycles. The molecule has 0 aliphatic carbocycles. The van der Waals surface area contributed by atoms with Gasteiger partial charge < -0.3 is 14.8 Å². The van der Waals surface area contributed by atoms with E-state index in [2.05, 4.69) is 5.32 Å². The molecule has 0 spiro atoms. The van der Waals surface area contributed by atoms with Crippen molar-refractivity contribution in [3.05, 3.63) is 89.5 Å². The number of rotatable bonds is 10. The summed E-state index contributed by atoms with van der Waals surface area (Å²) < 4.78 is 36.3. The number of benzene rings is 3. The predicted octanol–water partition coefficient (Wildman–Crippen LogP) is 3.87. The fourth-order valence-corrected chi connectivity index (χ4v) is 4.24. The zero-order valence-electron chi connectivity index (χ0n) is 19.9. The van der Waals surface area contributed by atoms with Crippen molar-refractivity contribution < 1.29 is 27.5 Å². The van der Waals surface area contributed by atoms with Crippen molar-refractivity contribution >= 4 is 27.6 Å². The Balaban J connectivity index is 1.62. The summed E-state index contributed by atoms with van der Waals surface area (Å²) in [4.78, 5) is 25.4. The number of aryl methyl sites for hydroxylation is 1. The maximum atomic E-state index is 12.7. The quantitative estimate of drug-likeness (QED) is 0.428. The SMILES string of the molecule is COc1ccc(CCC(=O)Nc2ccccc2C(=O)OCc2cccc(S(=O)(=O)N(C)C)c2)cc1. The molecule has 0 saturated heterocycles. The van der Waals surface area contributed by atoms with Gasteiger partial charge in [0.15, 0.2) is 0 Å². The van der Waals surface area contributed by atoms with Crippen molar-refractivity contribution in [2.75, 3.05) is 26.5 Å². The Morgan fingerprint density at radius 2 is 1.63 bits per heavy atom. The minimum Gasteiger partial charge on any atom is -0.497 e. The third-order valence-electron chi connectivity index (χ3n) is 5.27. The summed E-state index contributed by atoms with van der Waals surface area (Å²) in [5.41, 5.74) is 2.08. The zero-order chi connectivity index (χ0) is 25.4. The van der Waals surface area contributed by atoms with E-state index < -0.39 is 16.0 Å². The Bertz CT molecular complexity index is 1290. The van der Waals surface area contributed by atoms with E-state index in [9.17, 15) is 18.0 Å². The Kier molecular flexibility index (Phi) is 8.62. The molecule has 1 amide bonds. The number of methoxy groups -OCH3 is 1. The van der Waals surface area contributed by atoms with Crippen LogP contribution in [0.15, 0.2) is 77.7 Å². The molecule has 0 atom stereocenters. The highest BCUT2D eigenvalue weighted by atomic mass is 32.2. The van der Waals surface area contributed by atoms with Gasteiger partial charge in [0.2, 0.25) is 15.9 Å². The molecule has 0 fully saturated rings. The molecule has 9 heteroatoms. The molecule has 0 aromatic heterocycles. The van der Waals surface area contributed by atoms with Gasteiger partial charge in [-0.1, -0.05) is 36.4 Å². The minimum atomic E-state index is -3.60. The summed E-state index contributed by atoms with van der Waals surface area (Å²) in [6.45, 7) is -0.116. The molecule has 184 valence electrons. The van der Waals surface area contributed by atoms with Crippen LogP contribution < -0.4 is 10.1 Å². The topological polar surface area (TPSA) is 102 Å². The first-order valence-electron chi connectivity index (χ1n) is 10.9. The number of hydrogen-bond donors (Lipinski definition) is 1. The van der Waals surface area contributed by atoms with Gasteiger partial charge in [-0.2, -0.15) is 0 Å². The number of ether oxygens (including phenoxy) is 2. The molecule has 8 nitrogen and oxygen atoms in total. The van der Waals surface area contributed by atoms with Gasteiger partial charge >= 0.3 is 5.97 Å². The molecule has 1 N–H and O–H groups in total. The molecule has 0 radical (unpaired) electrons. The molecule has 3 aromatic rings. The monoisotopic (exact) mass is 496 g/mol. The van der Waals surface area contributed by atoms with Gasteiger partial charge in [-0.05, 0) is 53.9 Å². The van der Waals surface area contributed by atoms with Crippen LogP contribution in [-0.4, -0.2) is 45.8 Å². The number of anilines is 1. The molecule has 35 heavy (non-hydrogen) atoms. The molecule has 0 unspecified atom stereocenters. The average Bonchev–Trinajstić information content (AvgIpc) is 2.86. The highest BCUT2D eigenvalue weighted by molar-refractivity contribution is 7.89. The van der Waals surface area contributed by atoms with Crippen LogP contribution in [0.2, 0.25) is 0 Å². The van der Waals surface area contributed by atoms with Crippen LogP contribution in [0.4, 0.5) is 5.69 Å². The largest absolute Gasteiger partial charge is 0.497 e. The van der Waals surface area contributed by atoms with Crippen molar-refractivity contribution in [2.24, 2.45) is 0 Å². The van der Waals surface area contributed by atoms with Crippen LogP contribution in [0.3, 0.4) is 0 Å². The highest BCUT2D eigenvalue weighted by Crippen LogP contribution is 2.20. The van der Waals surface area contributed by atoms with Crippen LogP contribution >= 0.6 is 0 Å². The lowest BCUT2D eigenvalue weighted by Gasteiger charge is -2.13. The van der Waals surface area contributed by atoms with E-state index in [1.165, 1.54) is 26.2 Å². The number of amides is 1. The summed E-state index contributed by atoms with van der Waals surface area (Å²) >= 11 is 0. The van der Waals surface area contributed by atoms with Gasteiger partial charge in [-0.25, -0.2) is 17.5 Å². The summed E-state index contributed by atoms with van der Waals surface area (Å²) in [7, 11) is 0.892. The third kappa shape index (κ3) is 6.91. The normalized spacial score (nSPS) is 11.2. The maximum absolute atomic E-state index is 12.7. The van der Waals surface area contributed by atoms with Gasteiger partial charge in [0.1, 0.15) is 12.4 Å². The molecule has 3 rings (SSSR count). The predicted molar refractivity (Wildman–Crippen MR) is 133 cm³/mol. The van der Waals surface area contributed by atoms with Crippen LogP contribution in [0, 0.1) is 0 Å². The second-order valence-corrected chi connectivity index (χ2v) is 10.1. The van der Waals surface area contributed by atoms with Crippen LogP contribution in [-0.2, 0) is 32.6 Å². The lowest BCUT2D eigenvalue weighted by atomic mass is 10.1. The lowest BCUT2D eigenvalue weighted by Crippen LogP contribution is -2.22. The summed E-state index contributed by atoms with van der Waals surface area (Å²) in [5, 5.41) is 2.77. The standard InChI is InChI=1S/C26H28N2O6S/c1-28(2)35(31,32)22-8-6-7-20(17-22)18-34-26(30)23-9-4-5-10-24(23)27-25(29)16-13-19-11-14-21(33-3)15-12-19/h4-12,14-15,17H,13,16,18H2,1-3H3,(H,27,29). The highest BCUT2D eigenvalue weighted by Gasteiger charge is 2.18. The summed E-state index contributed by atoms with van der Waals surface area (Å²) in [6.07, 6.45) is 0.775. The van der Waals surface area contributed by atoms with Crippen molar-refractivity contribution in [2.45, 2.75) is 24.3 Å². The Morgan fingerprint density at radius 3 is 2.31 bits per heavy atom. The Morgan fingerprint density at radius 1 is 0.914 bits per heavy atom. The molecule has 0 aliphatic heterocycles. The number of nitrogens with one attached hydrogen (secondary N) is 1. The van der Waals surface area contributed by atoms with Gasteiger partial charge in [-0.15, -0.1) is 0 Å². The lowest BCUT2D eigenvalue weighted by molar-refractivity contribution is -0.116. The van der Waals surface area contributed by atoms with E-state index in [-0.39, 0.29) is 29.4 Å². The smallest absolute Gasteiger partial charge is 0.340 e. The fourth-order valence-electron chi connectivity index (χ4n) is 3.27. The second kappa shape index (κ2) is 11.6. The Hall–Kier alpha value is -3.69. The third-order valence-corrected chi connectivity index (χ3v) is 7.08. The average molecular weight is 497 g/mol. The number of para-hydroxylation sites is 1.